The lowest BCUT2D eigenvalue weighted by Crippen LogP contribution is -2.21. The lowest BCUT2D eigenvalue weighted by molar-refractivity contribution is -0.276. The molecule has 1 aromatic rings. The Morgan fingerprint density at radius 1 is 1.50 bits per heavy atom. The lowest BCUT2D eigenvalue weighted by atomic mass is 10.1. The number of ether oxygens (including phenoxy) is 2. The van der Waals surface area contributed by atoms with Crippen LogP contribution in [0.2, 0.25) is 0 Å². The van der Waals surface area contributed by atoms with Crippen LogP contribution in [0.15, 0.2) is 6.07 Å². The van der Waals surface area contributed by atoms with Crippen LogP contribution in [0, 0.1) is 3.70 Å². The molecular weight excluding hydrogens is 392 g/mol. The van der Waals surface area contributed by atoms with Crippen LogP contribution in [0.25, 0.3) is 0 Å². The number of pyridine rings is 1. The Labute approximate surface area is 126 Å². The van der Waals surface area contributed by atoms with E-state index in [1.54, 1.807) is 29.5 Å². The third-order valence-corrected chi connectivity index (χ3v) is 2.76. The summed E-state index contributed by atoms with van der Waals surface area (Å²) in [5, 5.41) is 0. The number of halogens is 4. The minimum absolute atomic E-state index is 0.0378. The van der Waals surface area contributed by atoms with E-state index in [1.165, 1.54) is 6.07 Å². The largest absolute Gasteiger partial charge is 0.574 e. The first-order chi connectivity index (χ1) is 9.26. The SMILES string of the molecule is CCOC(=O)Cc1cc(I)nc(OC(F)(F)F)c1CN. The van der Waals surface area contributed by atoms with Crippen molar-refractivity contribution in [1.29, 1.82) is 0 Å². The number of esters is 1. The molecule has 0 radical (unpaired) electrons. The molecular formula is C11H12F3IN2O3. The second-order valence-corrected chi connectivity index (χ2v) is 4.73. The van der Waals surface area contributed by atoms with Gasteiger partial charge in [0.15, 0.2) is 0 Å². The molecule has 0 aromatic carbocycles. The molecule has 20 heavy (non-hydrogen) atoms. The Bertz CT molecular complexity index is 495. The molecule has 0 unspecified atom stereocenters. The first-order valence-corrected chi connectivity index (χ1v) is 6.64. The van der Waals surface area contributed by atoms with Gasteiger partial charge in [0.05, 0.1) is 13.0 Å². The Balaban J connectivity index is 3.13. The smallest absolute Gasteiger partial charge is 0.466 e. The molecule has 1 aromatic heterocycles. The van der Waals surface area contributed by atoms with E-state index in [1.807, 2.05) is 0 Å². The van der Waals surface area contributed by atoms with Crippen molar-refractivity contribution in [1.82, 2.24) is 4.98 Å². The van der Waals surface area contributed by atoms with Gasteiger partial charge in [-0.2, -0.15) is 0 Å². The van der Waals surface area contributed by atoms with Gasteiger partial charge in [-0.05, 0) is 41.1 Å². The monoisotopic (exact) mass is 404 g/mol. The first kappa shape index (κ1) is 17.0. The fourth-order valence-electron chi connectivity index (χ4n) is 1.50. The number of hydrogen-bond donors (Lipinski definition) is 1. The number of carbonyl (C=O) groups excluding carboxylic acids is 1. The van der Waals surface area contributed by atoms with Gasteiger partial charge in [0.1, 0.15) is 3.70 Å². The summed E-state index contributed by atoms with van der Waals surface area (Å²) in [7, 11) is 0. The van der Waals surface area contributed by atoms with Crippen molar-refractivity contribution in [3.63, 3.8) is 0 Å². The number of rotatable bonds is 5. The van der Waals surface area contributed by atoms with E-state index in [-0.39, 0.29) is 28.8 Å². The van der Waals surface area contributed by atoms with Gasteiger partial charge in [-0.25, -0.2) is 4.98 Å². The van der Waals surface area contributed by atoms with E-state index in [9.17, 15) is 18.0 Å². The van der Waals surface area contributed by atoms with Crippen molar-refractivity contribution in [2.24, 2.45) is 5.73 Å². The van der Waals surface area contributed by atoms with Gasteiger partial charge in [0, 0.05) is 12.1 Å². The molecule has 9 heteroatoms. The number of nitrogens with two attached hydrogens (primary N) is 1. The Hall–Kier alpha value is -1.10. The average Bonchev–Trinajstić information content (AvgIpc) is 2.26. The lowest BCUT2D eigenvalue weighted by Gasteiger charge is -2.15. The summed E-state index contributed by atoms with van der Waals surface area (Å²) >= 11 is 1.73. The van der Waals surface area contributed by atoms with E-state index in [4.69, 9.17) is 10.5 Å². The van der Waals surface area contributed by atoms with Crippen molar-refractivity contribution in [2.45, 2.75) is 26.3 Å². The van der Waals surface area contributed by atoms with Crippen LogP contribution < -0.4 is 10.5 Å². The van der Waals surface area contributed by atoms with Gasteiger partial charge in [0.2, 0.25) is 5.88 Å². The number of nitrogens with zero attached hydrogens (tertiary/aromatic N) is 1. The zero-order chi connectivity index (χ0) is 15.3. The minimum Gasteiger partial charge on any atom is -0.466 e. The van der Waals surface area contributed by atoms with E-state index in [0.29, 0.717) is 5.56 Å². The fourth-order valence-corrected chi connectivity index (χ4v) is 2.10. The molecule has 2 N–H and O–H groups in total. The molecule has 0 saturated heterocycles. The maximum Gasteiger partial charge on any atom is 0.574 e. The van der Waals surface area contributed by atoms with Crippen LogP contribution >= 0.6 is 22.6 Å². The molecule has 0 atom stereocenters. The molecule has 1 rings (SSSR count). The third-order valence-electron chi connectivity index (χ3n) is 2.20. The second kappa shape index (κ2) is 7.07. The summed E-state index contributed by atoms with van der Waals surface area (Å²) in [6.45, 7) is 1.59. The predicted molar refractivity (Wildman–Crippen MR) is 71.9 cm³/mol. The Morgan fingerprint density at radius 3 is 2.65 bits per heavy atom. The number of aromatic nitrogens is 1. The van der Waals surface area contributed by atoms with E-state index < -0.39 is 18.2 Å². The molecule has 0 saturated carbocycles. The quantitative estimate of drug-likeness (QED) is 0.463. The highest BCUT2D eigenvalue weighted by Gasteiger charge is 2.33. The molecule has 0 aliphatic heterocycles. The second-order valence-electron chi connectivity index (χ2n) is 3.62. The molecule has 0 aliphatic rings. The summed E-state index contributed by atoms with van der Waals surface area (Å²) in [6, 6.07) is 1.48. The van der Waals surface area contributed by atoms with Crippen LogP contribution in [0.1, 0.15) is 18.1 Å². The Morgan fingerprint density at radius 2 is 2.15 bits per heavy atom. The molecule has 5 nitrogen and oxygen atoms in total. The third kappa shape index (κ3) is 5.12. The van der Waals surface area contributed by atoms with E-state index in [0.717, 1.165) is 0 Å². The highest BCUT2D eigenvalue weighted by atomic mass is 127. The average molecular weight is 404 g/mol. The van der Waals surface area contributed by atoms with Crippen molar-refractivity contribution in [3.8, 4) is 5.88 Å². The number of hydrogen-bond acceptors (Lipinski definition) is 5. The molecule has 0 fully saturated rings. The van der Waals surface area contributed by atoms with Crippen LogP contribution in [0.5, 0.6) is 5.88 Å². The van der Waals surface area contributed by atoms with E-state index >= 15 is 0 Å². The minimum atomic E-state index is -4.87. The van der Waals surface area contributed by atoms with Gasteiger partial charge in [-0.3, -0.25) is 4.79 Å². The standard InChI is InChI=1S/C11H12F3IN2O3/c1-2-19-9(18)4-6-3-8(15)17-10(7(6)5-16)20-11(12,13)14/h3H,2,4-5,16H2,1H3. The van der Waals surface area contributed by atoms with Crippen LogP contribution in [-0.2, 0) is 22.5 Å². The molecule has 0 amide bonds. The summed E-state index contributed by atoms with van der Waals surface area (Å²) < 4.78 is 45.8. The van der Waals surface area contributed by atoms with Gasteiger partial charge < -0.3 is 15.2 Å². The highest BCUT2D eigenvalue weighted by Crippen LogP contribution is 2.28. The summed E-state index contributed by atoms with van der Waals surface area (Å²) in [6.07, 6.45) is -5.06. The molecule has 0 aliphatic carbocycles. The van der Waals surface area contributed by atoms with Gasteiger partial charge >= 0.3 is 12.3 Å². The first-order valence-electron chi connectivity index (χ1n) is 5.56. The number of carbonyl (C=O) groups is 1. The van der Waals surface area contributed by atoms with Crippen LogP contribution in [0.3, 0.4) is 0 Å². The summed E-state index contributed by atoms with van der Waals surface area (Å²) in [4.78, 5) is 15.1. The zero-order valence-corrected chi connectivity index (χ0v) is 12.6. The Kier molecular flexibility index (Phi) is 5.99. The summed E-state index contributed by atoms with van der Waals surface area (Å²) in [5.74, 6) is -1.19. The predicted octanol–water partition coefficient (Wildman–Crippen LogP) is 2.15. The molecule has 0 bridgehead atoms. The summed E-state index contributed by atoms with van der Waals surface area (Å²) in [5.41, 5.74) is 5.78. The van der Waals surface area contributed by atoms with Crippen molar-refractivity contribution >= 4 is 28.6 Å². The van der Waals surface area contributed by atoms with Gasteiger partial charge in [0.25, 0.3) is 0 Å². The number of alkyl halides is 3. The molecule has 0 spiro atoms. The van der Waals surface area contributed by atoms with Crippen LogP contribution in [-0.4, -0.2) is 23.9 Å². The van der Waals surface area contributed by atoms with Gasteiger partial charge in [-0.1, -0.05) is 0 Å². The fraction of sp³-hybridized carbons (Fsp3) is 0.455. The molecule has 1 heterocycles. The topological polar surface area (TPSA) is 74.4 Å². The van der Waals surface area contributed by atoms with Crippen molar-refractivity contribution in [2.75, 3.05) is 6.61 Å². The normalized spacial score (nSPS) is 11.3. The maximum absolute atomic E-state index is 12.3. The zero-order valence-electron chi connectivity index (χ0n) is 10.5. The van der Waals surface area contributed by atoms with E-state index in [2.05, 4.69) is 9.72 Å². The van der Waals surface area contributed by atoms with Crippen molar-refractivity contribution < 1.29 is 27.4 Å². The highest BCUT2D eigenvalue weighted by molar-refractivity contribution is 14.1. The molecule has 112 valence electrons. The van der Waals surface area contributed by atoms with Crippen molar-refractivity contribution in [3.05, 3.63) is 20.9 Å². The maximum atomic E-state index is 12.3. The van der Waals surface area contributed by atoms with Crippen LogP contribution in [0.4, 0.5) is 13.2 Å². The van der Waals surface area contributed by atoms with Gasteiger partial charge in [-0.15, -0.1) is 13.2 Å².